The van der Waals surface area contributed by atoms with E-state index in [1.165, 1.54) is 0 Å². The molecule has 1 rings (SSSR count). The number of allylic oxidation sites excluding steroid dienone is 1. The number of rotatable bonds is 7. The highest BCUT2D eigenvalue weighted by atomic mass is 35.5. The third-order valence-corrected chi connectivity index (χ3v) is 2.77. The number of hydrogen-bond donors (Lipinski definition) is 2. The van der Waals surface area contributed by atoms with Crippen LogP contribution in [0.25, 0.3) is 0 Å². The summed E-state index contributed by atoms with van der Waals surface area (Å²) < 4.78 is 0. The lowest BCUT2D eigenvalue weighted by Gasteiger charge is -2.07. The van der Waals surface area contributed by atoms with Gasteiger partial charge in [0.15, 0.2) is 0 Å². The van der Waals surface area contributed by atoms with Crippen LogP contribution in [0.2, 0.25) is 5.02 Å². The summed E-state index contributed by atoms with van der Waals surface area (Å²) in [5.74, 6) is -0.461. The summed E-state index contributed by atoms with van der Waals surface area (Å²) in [4.78, 5) is 10.9. The third-order valence-electron chi connectivity index (χ3n) is 2.41. The van der Waals surface area contributed by atoms with Gasteiger partial charge in [0.05, 0.1) is 0 Å². The number of nitrogens with one attached hydrogen (secondary N) is 1. The van der Waals surface area contributed by atoms with Crippen LogP contribution in [0.3, 0.4) is 0 Å². The molecule has 0 aliphatic carbocycles. The van der Waals surface area contributed by atoms with Crippen LogP contribution in [0.5, 0.6) is 0 Å². The quantitative estimate of drug-likeness (QED) is 0.579. The van der Waals surface area contributed by atoms with E-state index in [2.05, 4.69) is 11.9 Å². The van der Waals surface area contributed by atoms with Crippen LogP contribution < -0.4 is 11.1 Å². The molecule has 0 saturated carbocycles. The van der Waals surface area contributed by atoms with Gasteiger partial charge >= 0.3 is 0 Å². The normalized spacial score (nSPS) is 10.2. The van der Waals surface area contributed by atoms with Crippen LogP contribution in [0.1, 0.15) is 28.8 Å². The number of primary amides is 1. The van der Waals surface area contributed by atoms with E-state index in [4.69, 9.17) is 17.3 Å². The second-order valence-electron chi connectivity index (χ2n) is 3.78. The smallest absolute Gasteiger partial charge is 0.248 e. The Morgan fingerprint density at radius 3 is 2.88 bits per heavy atom. The first kappa shape index (κ1) is 13.7. The van der Waals surface area contributed by atoms with Gasteiger partial charge in [-0.05, 0) is 37.1 Å². The predicted molar refractivity (Wildman–Crippen MR) is 71.1 cm³/mol. The summed E-state index contributed by atoms with van der Waals surface area (Å²) in [5.41, 5.74) is 6.57. The summed E-state index contributed by atoms with van der Waals surface area (Å²) in [7, 11) is 0. The highest BCUT2D eigenvalue weighted by Gasteiger charge is 2.04. The van der Waals surface area contributed by atoms with Crippen molar-refractivity contribution in [3.8, 4) is 0 Å². The lowest BCUT2D eigenvalue weighted by molar-refractivity contribution is 0.100. The number of amides is 1. The molecule has 3 nitrogen and oxygen atoms in total. The average Bonchev–Trinajstić information content (AvgIpc) is 2.30. The van der Waals surface area contributed by atoms with Gasteiger partial charge in [-0.1, -0.05) is 23.7 Å². The second kappa shape index (κ2) is 7.09. The van der Waals surface area contributed by atoms with Crippen LogP contribution in [-0.4, -0.2) is 12.5 Å². The maximum Gasteiger partial charge on any atom is 0.248 e. The summed E-state index contributed by atoms with van der Waals surface area (Å²) in [6.45, 7) is 5.27. The van der Waals surface area contributed by atoms with Crippen molar-refractivity contribution in [2.45, 2.75) is 19.4 Å². The molecule has 0 unspecified atom stereocenters. The maximum absolute atomic E-state index is 10.9. The van der Waals surface area contributed by atoms with Gasteiger partial charge in [0.2, 0.25) is 5.91 Å². The van der Waals surface area contributed by atoms with Gasteiger partial charge in [-0.2, -0.15) is 0 Å². The van der Waals surface area contributed by atoms with Crippen molar-refractivity contribution in [2.24, 2.45) is 5.73 Å². The minimum absolute atomic E-state index is 0.436. The molecular weight excluding hydrogens is 236 g/mol. The van der Waals surface area contributed by atoms with Crippen LogP contribution in [0.15, 0.2) is 30.9 Å². The van der Waals surface area contributed by atoms with Crippen molar-refractivity contribution in [3.05, 3.63) is 47.0 Å². The van der Waals surface area contributed by atoms with Gasteiger partial charge in [-0.3, -0.25) is 4.79 Å². The van der Waals surface area contributed by atoms with Crippen molar-refractivity contribution >= 4 is 17.5 Å². The number of benzene rings is 1. The SMILES string of the molecule is C=CCCCNCc1ccc(C(N)=O)cc1Cl. The van der Waals surface area contributed by atoms with E-state index < -0.39 is 5.91 Å². The monoisotopic (exact) mass is 252 g/mol. The van der Waals surface area contributed by atoms with E-state index in [0.29, 0.717) is 17.1 Å². The van der Waals surface area contributed by atoms with Gasteiger partial charge in [0.25, 0.3) is 0 Å². The largest absolute Gasteiger partial charge is 0.366 e. The third kappa shape index (κ3) is 4.59. The van der Waals surface area contributed by atoms with Crippen molar-refractivity contribution in [1.29, 1.82) is 0 Å². The second-order valence-corrected chi connectivity index (χ2v) is 4.19. The van der Waals surface area contributed by atoms with Crippen molar-refractivity contribution in [3.63, 3.8) is 0 Å². The van der Waals surface area contributed by atoms with Gasteiger partial charge in [-0.25, -0.2) is 0 Å². The molecule has 1 aromatic carbocycles. The molecule has 1 aromatic rings. The molecule has 0 fully saturated rings. The molecule has 4 heteroatoms. The minimum atomic E-state index is -0.461. The molecular formula is C13H17ClN2O. The van der Waals surface area contributed by atoms with Crippen molar-refractivity contribution in [2.75, 3.05) is 6.54 Å². The molecule has 0 spiro atoms. The van der Waals surface area contributed by atoms with E-state index >= 15 is 0 Å². The molecule has 0 aromatic heterocycles. The first-order chi connectivity index (χ1) is 8.15. The summed E-state index contributed by atoms with van der Waals surface area (Å²) in [5, 5.41) is 3.84. The van der Waals surface area contributed by atoms with Gasteiger partial charge < -0.3 is 11.1 Å². The molecule has 3 N–H and O–H groups in total. The van der Waals surface area contributed by atoms with E-state index in [1.807, 2.05) is 12.1 Å². The molecule has 0 aliphatic heterocycles. The Kier molecular flexibility index (Phi) is 5.73. The highest BCUT2D eigenvalue weighted by Crippen LogP contribution is 2.17. The van der Waals surface area contributed by atoms with E-state index in [-0.39, 0.29) is 0 Å². The standard InChI is InChI=1S/C13H17ClN2O/c1-2-3-4-7-16-9-11-6-5-10(13(15)17)8-12(11)14/h2,5-6,8,16H,1,3-4,7,9H2,(H2,15,17). The number of hydrogen-bond acceptors (Lipinski definition) is 2. The van der Waals surface area contributed by atoms with E-state index in [0.717, 1.165) is 24.9 Å². The Bertz CT molecular complexity index is 404. The lowest BCUT2D eigenvalue weighted by atomic mass is 10.1. The number of halogens is 1. The number of carbonyl (C=O) groups excluding carboxylic acids is 1. The van der Waals surface area contributed by atoms with Gasteiger partial charge in [-0.15, -0.1) is 6.58 Å². The fourth-order valence-corrected chi connectivity index (χ4v) is 1.69. The fourth-order valence-electron chi connectivity index (χ4n) is 1.44. The van der Waals surface area contributed by atoms with E-state index in [9.17, 15) is 4.79 Å². The minimum Gasteiger partial charge on any atom is -0.366 e. The summed E-state index contributed by atoms with van der Waals surface area (Å²) >= 11 is 6.05. The summed E-state index contributed by atoms with van der Waals surface area (Å²) in [6.07, 6.45) is 3.96. The number of nitrogens with two attached hydrogens (primary N) is 1. The maximum atomic E-state index is 10.9. The zero-order chi connectivity index (χ0) is 12.7. The molecule has 0 saturated heterocycles. The Morgan fingerprint density at radius 2 is 2.29 bits per heavy atom. The fraction of sp³-hybridized carbons (Fsp3) is 0.308. The Morgan fingerprint density at radius 1 is 1.53 bits per heavy atom. The van der Waals surface area contributed by atoms with Crippen molar-refractivity contribution in [1.82, 2.24) is 5.32 Å². The van der Waals surface area contributed by atoms with Crippen LogP contribution in [0, 0.1) is 0 Å². The molecule has 0 radical (unpaired) electrons. The van der Waals surface area contributed by atoms with Crippen LogP contribution in [-0.2, 0) is 6.54 Å². The van der Waals surface area contributed by atoms with Gasteiger partial charge in [0.1, 0.15) is 0 Å². The average molecular weight is 253 g/mol. The molecule has 1 amide bonds. The zero-order valence-electron chi connectivity index (χ0n) is 9.71. The first-order valence-electron chi connectivity index (χ1n) is 5.55. The highest BCUT2D eigenvalue weighted by molar-refractivity contribution is 6.31. The molecule has 0 bridgehead atoms. The van der Waals surface area contributed by atoms with Crippen LogP contribution >= 0.6 is 11.6 Å². The van der Waals surface area contributed by atoms with Gasteiger partial charge in [0, 0.05) is 17.1 Å². The topological polar surface area (TPSA) is 55.1 Å². The Hall–Kier alpha value is -1.32. The number of unbranched alkanes of at least 4 members (excludes halogenated alkanes) is 1. The first-order valence-corrected chi connectivity index (χ1v) is 5.92. The molecule has 0 atom stereocenters. The Balaban J connectivity index is 2.49. The number of carbonyl (C=O) groups is 1. The Labute approximate surface area is 107 Å². The molecule has 17 heavy (non-hydrogen) atoms. The molecule has 0 heterocycles. The molecule has 92 valence electrons. The van der Waals surface area contributed by atoms with Crippen molar-refractivity contribution < 1.29 is 4.79 Å². The van der Waals surface area contributed by atoms with Crippen LogP contribution in [0.4, 0.5) is 0 Å². The lowest BCUT2D eigenvalue weighted by Crippen LogP contribution is -2.15. The zero-order valence-corrected chi connectivity index (χ0v) is 10.5. The summed E-state index contributed by atoms with van der Waals surface area (Å²) in [6, 6.07) is 5.11. The predicted octanol–water partition coefficient (Wildman–Crippen LogP) is 2.49. The molecule has 0 aliphatic rings. The van der Waals surface area contributed by atoms with E-state index in [1.54, 1.807) is 12.1 Å².